The molecule has 1 aromatic heterocycles. The van der Waals surface area contributed by atoms with E-state index in [0.717, 1.165) is 37.4 Å². The molecule has 1 atom stereocenters. The summed E-state index contributed by atoms with van der Waals surface area (Å²) in [6.45, 7) is 3.27. The molecule has 1 N–H and O–H groups in total. The van der Waals surface area contributed by atoms with Crippen LogP contribution in [0.5, 0.6) is 5.75 Å². The van der Waals surface area contributed by atoms with E-state index in [1.54, 1.807) is 17.9 Å². The van der Waals surface area contributed by atoms with Gasteiger partial charge in [0.1, 0.15) is 11.3 Å². The van der Waals surface area contributed by atoms with Crippen LogP contribution in [0.4, 0.5) is 0 Å². The van der Waals surface area contributed by atoms with Gasteiger partial charge in [0.15, 0.2) is 0 Å². The Kier molecular flexibility index (Phi) is 4.80. The number of hydrogen-bond acceptors (Lipinski definition) is 5. The van der Waals surface area contributed by atoms with Gasteiger partial charge in [-0.3, -0.25) is 4.79 Å². The molecule has 2 fully saturated rings. The average Bonchev–Trinajstić information content (AvgIpc) is 3.42. The summed E-state index contributed by atoms with van der Waals surface area (Å²) >= 11 is 0. The van der Waals surface area contributed by atoms with Crippen molar-refractivity contribution in [3.8, 4) is 5.75 Å². The first-order valence-electron chi connectivity index (χ1n) is 9.54. The van der Waals surface area contributed by atoms with Gasteiger partial charge in [0, 0.05) is 32.2 Å². The molecule has 7 heteroatoms. The van der Waals surface area contributed by atoms with E-state index in [1.807, 2.05) is 13.1 Å². The number of hydrogen-bond donors (Lipinski definition) is 1. The minimum Gasteiger partial charge on any atom is -0.496 e. The Bertz CT molecular complexity index is 799. The first-order chi connectivity index (χ1) is 12.6. The largest absolute Gasteiger partial charge is 0.496 e. The third-order valence-corrected chi connectivity index (χ3v) is 5.48. The van der Waals surface area contributed by atoms with Crippen LogP contribution < -0.4 is 10.1 Å². The Morgan fingerprint density at radius 2 is 2.15 bits per heavy atom. The first-order valence-corrected chi connectivity index (χ1v) is 9.54. The number of aromatic nitrogens is 3. The fraction of sp³-hybridized carbons (Fsp3) is 0.632. The van der Waals surface area contributed by atoms with Crippen molar-refractivity contribution in [2.45, 2.75) is 38.1 Å². The molecule has 1 saturated carbocycles. The van der Waals surface area contributed by atoms with Gasteiger partial charge in [-0.05, 0) is 44.2 Å². The molecule has 2 aliphatic rings. The number of methoxy groups -OCH3 is 1. The van der Waals surface area contributed by atoms with Crippen LogP contribution in [0.15, 0.2) is 12.1 Å². The Morgan fingerprint density at radius 3 is 2.92 bits per heavy atom. The van der Waals surface area contributed by atoms with E-state index in [2.05, 4.69) is 20.5 Å². The lowest BCUT2D eigenvalue weighted by Gasteiger charge is -2.25. The fourth-order valence-electron chi connectivity index (χ4n) is 3.84. The maximum absolute atomic E-state index is 12.9. The Morgan fingerprint density at radius 1 is 1.31 bits per heavy atom. The molecule has 1 aromatic carbocycles. The molecule has 140 valence electrons. The van der Waals surface area contributed by atoms with Crippen molar-refractivity contribution in [3.05, 3.63) is 17.7 Å². The maximum Gasteiger partial charge on any atom is 0.255 e. The molecule has 7 nitrogen and oxygen atoms in total. The summed E-state index contributed by atoms with van der Waals surface area (Å²) in [5.74, 6) is 1.35. The normalized spacial score (nSPS) is 21.5. The monoisotopic (exact) mass is 357 g/mol. The minimum atomic E-state index is -0.0901. The Hall–Kier alpha value is -2.15. The van der Waals surface area contributed by atoms with Crippen molar-refractivity contribution < 1.29 is 9.53 Å². The second-order valence-electron chi connectivity index (χ2n) is 7.62. The number of ether oxygens (including phenoxy) is 1. The molecule has 1 aliphatic carbocycles. The van der Waals surface area contributed by atoms with Crippen LogP contribution in [0.2, 0.25) is 0 Å². The highest BCUT2D eigenvalue weighted by atomic mass is 16.5. The topological polar surface area (TPSA) is 72.3 Å². The summed E-state index contributed by atoms with van der Waals surface area (Å²) < 4.78 is 7.14. The van der Waals surface area contributed by atoms with Gasteiger partial charge in [0.2, 0.25) is 0 Å². The zero-order chi connectivity index (χ0) is 18.1. The molecular weight excluding hydrogens is 330 g/mol. The van der Waals surface area contributed by atoms with E-state index in [0.29, 0.717) is 16.8 Å². The number of likely N-dealkylation sites (tertiary alicyclic amines) is 1. The number of carbonyl (C=O) groups is 1. The Balaban J connectivity index is 1.50. The minimum absolute atomic E-state index is 0.0901. The molecule has 26 heavy (non-hydrogen) atoms. The van der Waals surface area contributed by atoms with Crippen LogP contribution in [0, 0.1) is 5.92 Å². The van der Waals surface area contributed by atoms with Crippen LogP contribution >= 0.6 is 0 Å². The quantitative estimate of drug-likeness (QED) is 0.886. The molecule has 4 rings (SSSR count). The third kappa shape index (κ3) is 3.67. The second kappa shape index (κ2) is 7.23. The lowest BCUT2D eigenvalue weighted by molar-refractivity contribution is 0.0923. The van der Waals surface area contributed by atoms with Gasteiger partial charge in [0.25, 0.3) is 5.91 Å². The Labute approximate surface area is 153 Å². The van der Waals surface area contributed by atoms with Crippen molar-refractivity contribution in [1.29, 1.82) is 0 Å². The number of benzene rings is 1. The number of nitrogens with zero attached hydrogens (tertiary/aromatic N) is 4. The van der Waals surface area contributed by atoms with Gasteiger partial charge in [-0.1, -0.05) is 11.6 Å². The van der Waals surface area contributed by atoms with Gasteiger partial charge >= 0.3 is 0 Å². The van der Waals surface area contributed by atoms with Crippen LogP contribution in [0.1, 0.15) is 42.5 Å². The average molecular weight is 357 g/mol. The van der Waals surface area contributed by atoms with Crippen molar-refractivity contribution in [2.24, 2.45) is 13.0 Å². The fourth-order valence-corrected chi connectivity index (χ4v) is 3.84. The third-order valence-electron chi connectivity index (χ3n) is 5.48. The molecule has 1 saturated heterocycles. The predicted molar refractivity (Wildman–Crippen MR) is 99.3 cm³/mol. The van der Waals surface area contributed by atoms with E-state index in [-0.39, 0.29) is 11.9 Å². The van der Waals surface area contributed by atoms with Crippen LogP contribution in [0.3, 0.4) is 0 Å². The summed E-state index contributed by atoms with van der Waals surface area (Å²) in [5, 5.41) is 11.4. The number of rotatable bonds is 5. The summed E-state index contributed by atoms with van der Waals surface area (Å²) in [5.41, 5.74) is 2.08. The van der Waals surface area contributed by atoms with Crippen LogP contribution in [-0.2, 0) is 7.05 Å². The smallest absolute Gasteiger partial charge is 0.255 e. The van der Waals surface area contributed by atoms with Gasteiger partial charge in [-0.25, -0.2) is 4.68 Å². The zero-order valence-corrected chi connectivity index (χ0v) is 15.6. The number of carbonyl (C=O) groups excluding carboxylic acids is 1. The first kappa shape index (κ1) is 17.3. The second-order valence-corrected chi connectivity index (χ2v) is 7.62. The summed E-state index contributed by atoms with van der Waals surface area (Å²) in [6, 6.07) is 3.79. The maximum atomic E-state index is 12.9. The number of amides is 1. The molecule has 0 bridgehead atoms. The van der Waals surface area contributed by atoms with Crippen LogP contribution in [0.25, 0.3) is 11.0 Å². The number of aryl methyl sites for hydroxylation is 1. The lowest BCUT2D eigenvalue weighted by atomic mass is 10.1. The van der Waals surface area contributed by atoms with E-state index in [9.17, 15) is 4.79 Å². The molecule has 2 heterocycles. The highest BCUT2D eigenvalue weighted by molar-refractivity contribution is 6.00. The van der Waals surface area contributed by atoms with Gasteiger partial charge in [0.05, 0.1) is 18.2 Å². The molecule has 2 aromatic rings. The van der Waals surface area contributed by atoms with Crippen molar-refractivity contribution in [3.63, 3.8) is 0 Å². The summed E-state index contributed by atoms with van der Waals surface area (Å²) in [7, 11) is 3.42. The number of nitrogens with one attached hydrogen (secondary N) is 1. The van der Waals surface area contributed by atoms with Gasteiger partial charge in [-0.2, -0.15) is 0 Å². The van der Waals surface area contributed by atoms with Crippen molar-refractivity contribution >= 4 is 16.9 Å². The SMILES string of the molecule is COc1cc2c(cc1C(=O)NC1CCCCN(CC3CC3)C1)nnn2C. The van der Waals surface area contributed by atoms with E-state index in [4.69, 9.17) is 4.74 Å². The van der Waals surface area contributed by atoms with Crippen molar-refractivity contribution in [2.75, 3.05) is 26.7 Å². The highest BCUT2D eigenvalue weighted by Gasteiger charge is 2.28. The van der Waals surface area contributed by atoms with E-state index < -0.39 is 0 Å². The van der Waals surface area contributed by atoms with E-state index in [1.165, 1.54) is 25.8 Å². The van der Waals surface area contributed by atoms with Gasteiger partial charge < -0.3 is 15.0 Å². The predicted octanol–water partition coefficient (Wildman–Crippen LogP) is 1.97. The van der Waals surface area contributed by atoms with Crippen molar-refractivity contribution in [1.82, 2.24) is 25.2 Å². The van der Waals surface area contributed by atoms with E-state index >= 15 is 0 Å². The summed E-state index contributed by atoms with van der Waals surface area (Å²) in [6.07, 6.45) is 6.13. The molecular formula is C19H27N5O2. The zero-order valence-electron chi connectivity index (χ0n) is 15.6. The van der Waals surface area contributed by atoms with Crippen LogP contribution in [-0.4, -0.2) is 58.6 Å². The molecule has 0 radical (unpaired) electrons. The molecule has 1 aliphatic heterocycles. The lowest BCUT2D eigenvalue weighted by Crippen LogP contribution is -2.43. The highest BCUT2D eigenvalue weighted by Crippen LogP contribution is 2.30. The number of fused-ring (bicyclic) bond motifs is 1. The summed E-state index contributed by atoms with van der Waals surface area (Å²) in [4.78, 5) is 15.5. The standard InChI is InChI=1S/C19H27N5O2/c1-23-17-10-18(26-2)15(9-16(17)21-22-23)19(25)20-14-5-3-4-8-24(12-14)11-13-6-7-13/h9-10,13-14H,3-8,11-12H2,1-2H3,(H,20,25). The molecule has 0 spiro atoms. The molecule has 1 amide bonds. The molecule has 1 unspecified atom stereocenters. The van der Waals surface area contributed by atoms with Gasteiger partial charge in [-0.15, -0.1) is 5.10 Å².